The van der Waals surface area contributed by atoms with Crippen LogP contribution in [0.15, 0.2) is 12.2 Å². The average molecular weight is 450 g/mol. The quantitative estimate of drug-likeness (QED) is 0.104. The highest BCUT2D eigenvalue weighted by Gasteiger charge is 2.28. The van der Waals surface area contributed by atoms with Gasteiger partial charge in [0.05, 0.1) is 6.61 Å². The first-order chi connectivity index (χ1) is 15.7. The van der Waals surface area contributed by atoms with Crippen molar-refractivity contribution < 1.29 is 14.3 Å². The van der Waals surface area contributed by atoms with E-state index in [1.54, 1.807) is 0 Å². The molecule has 4 heteroatoms. The van der Waals surface area contributed by atoms with Gasteiger partial charge in [0.2, 0.25) is 5.91 Å². The number of hydrogen-bond acceptors (Lipinski definition) is 3. The van der Waals surface area contributed by atoms with E-state index in [9.17, 15) is 9.59 Å². The first kappa shape index (κ1) is 28.7. The molecule has 0 aliphatic carbocycles. The van der Waals surface area contributed by atoms with E-state index in [4.69, 9.17) is 4.74 Å². The van der Waals surface area contributed by atoms with Crippen molar-refractivity contribution in [2.45, 2.75) is 148 Å². The van der Waals surface area contributed by atoms with E-state index in [1.165, 1.54) is 109 Å². The largest absolute Gasteiger partial charge is 0.464 e. The lowest BCUT2D eigenvalue weighted by atomic mass is 10.0. The number of hydrogen-bond donors (Lipinski definition) is 1. The number of ether oxygens (including phenoxy) is 1. The second-order valence-electron chi connectivity index (χ2n) is 9.51. The van der Waals surface area contributed by atoms with Crippen LogP contribution in [-0.2, 0) is 14.3 Å². The molecule has 186 valence electrons. The monoisotopic (exact) mass is 449 g/mol. The van der Waals surface area contributed by atoms with Crippen molar-refractivity contribution in [2.75, 3.05) is 6.61 Å². The van der Waals surface area contributed by atoms with Crippen LogP contribution in [0.5, 0.6) is 0 Å². The fraction of sp³-hybridized carbons (Fsp3) is 0.857. The van der Waals surface area contributed by atoms with E-state index >= 15 is 0 Å². The Balaban J connectivity index is 1.69. The molecule has 1 saturated heterocycles. The lowest BCUT2D eigenvalue weighted by Gasteiger charge is -2.09. The number of rotatable bonds is 22. The number of carbonyl (C=O) groups excluding carboxylic acids is 2. The molecule has 32 heavy (non-hydrogen) atoms. The maximum Gasteiger partial charge on any atom is 0.328 e. The van der Waals surface area contributed by atoms with E-state index < -0.39 is 6.04 Å². The molecule has 0 aromatic heterocycles. The summed E-state index contributed by atoms with van der Waals surface area (Å²) in [5.41, 5.74) is 0. The van der Waals surface area contributed by atoms with E-state index in [0.29, 0.717) is 19.4 Å². The van der Waals surface area contributed by atoms with E-state index in [1.807, 2.05) is 0 Å². The molecule has 0 unspecified atom stereocenters. The summed E-state index contributed by atoms with van der Waals surface area (Å²) in [7, 11) is 0. The zero-order valence-electron chi connectivity index (χ0n) is 21.0. The van der Waals surface area contributed by atoms with Crippen LogP contribution in [0.4, 0.5) is 0 Å². The van der Waals surface area contributed by atoms with Gasteiger partial charge < -0.3 is 10.1 Å². The van der Waals surface area contributed by atoms with Crippen molar-refractivity contribution in [3.8, 4) is 0 Å². The van der Waals surface area contributed by atoms with Gasteiger partial charge in [-0.2, -0.15) is 0 Å². The van der Waals surface area contributed by atoms with Gasteiger partial charge in [0.1, 0.15) is 6.04 Å². The van der Waals surface area contributed by atoms with E-state index in [0.717, 1.165) is 12.8 Å². The van der Waals surface area contributed by atoms with Gasteiger partial charge in [-0.25, -0.2) is 4.79 Å². The summed E-state index contributed by atoms with van der Waals surface area (Å²) in [6.45, 7) is 2.69. The summed E-state index contributed by atoms with van der Waals surface area (Å²) in [6.07, 6.45) is 30.9. The minimum absolute atomic E-state index is 0.0422. The smallest absolute Gasteiger partial charge is 0.328 e. The minimum Gasteiger partial charge on any atom is -0.464 e. The molecule has 1 atom stereocenters. The van der Waals surface area contributed by atoms with Crippen LogP contribution in [0, 0.1) is 0 Å². The summed E-state index contributed by atoms with van der Waals surface area (Å²) in [5.74, 6) is -0.304. The Bertz CT molecular complexity index is 489. The van der Waals surface area contributed by atoms with Crippen molar-refractivity contribution in [2.24, 2.45) is 0 Å². The summed E-state index contributed by atoms with van der Waals surface area (Å²) in [4.78, 5) is 22.9. The van der Waals surface area contributed by atoms with Crippen molar-refractivity contribution in [3.05, 3.63) is 12.2 Å². The summed E-state index contributed by atoms with van der Waals surface area (Å²) in [5, 5.41) is 2.65. The van der Waals surface area contributed by atoms with Crippen molar-refractivity contribution in [1.82, 2.24) is 5.32 Å². The standard InChI is InChI=1S/C28H51NO3/c1-2-3-4-5-6-7-8-9-10-11-12-13-14-15-16-17-18-19-20-21-22-25-32-28(31)26-23-24-27(30)29-26/h3-4,26H,2,5-25H2,1H3,(H,29,30)/b4-3+/t26-/m0/s1. The van der Waals surface area contributed by atoms with Gasteiger partial charge in [-0.05, 0) is 32.1 Å². The molecule has 1 heterocycles. The van der Waals surface area contributed by atoms with Gasteiger partial charge in [-0.15, -0.1) is 0 Å². The fourth-order valence-corrected chi connectivity index (χ4v) is 4.36. The number of allylic oxidation sites excluding steroid dienone is 2. The Morgan fingerprint density at radius 2 is 1.25 bits per heavy atom. The summed E-state index contributed by atoms with van der Waals surface area (Å²) in [6, 6.07) is -0.407. The number of nitrogens with one attached hydrogen (secondary N) is 1. The molecule has 0 spiro atoms. The Hall–Kier alpha value is -1.32. The van der Waals surface area contributed by atoms with Gasteiger partial charge in [-0.1, -0.05) is 115 Å². The predicted molar refractivity (Wildman–Crippen MR) is 135 cm³/mol. The lowest BCUT2D eigenvalue weighted by Crippen LogP contribution is -2.34. The molecule has 1 fully saturated rings. The van der Waals surface area contributed by atoms with Crippen LogP contribution in [0.25, 0.3) is 0 Å². The zero-order valence-corrected chi connectivity index (χ0v) is 21.0. The van der Waals surface area contributed by atoms with Gasteiger partial charge in [0.15, 0.2) is 0 Å². The van der Waals surface area contributed by atoms with Crippen LogP contribution in [0.3, 0.4) is 0 Å². The predicted octanol–water partition coefficient (Wildman–Crippen LogP) is 7.80. The van der Waals surface area contributed by atoms with Crippen molar-refractivity contribution in [1.29, 1.82) is 0 Å². The van der Waals surface area contributed by atoms with Gasteiger partial charge in [0, 0.05) is 6.42 Å². The highest BCUT2D eigenvalue weighted by atomic mass is 16.5. The molecule has 0 aromatic carbocycles. The lowest BCUT2D eigenvalue weighted by molar-refractivity contribution is -0.146. The Labute approximate surface area is 198 Å². The maximum atomic E-state index is 11.8. The molecule has 1 aliphatic heterocycles. The molecule has 1 rings (SSSR count). The number of amides is 1. The molecule has 1 amide bonds. The van der Waals surface area contributed by atoms with Crippen LogP contribution >= 0.6 is 0 Å². The molecular formula is C28H51NO3. The molecule has 1 aliphatic rings. The van der Waals surface area contributed by atoms with Crippen molar-refractivity contribution in [3.63, 3.8) is 0 Å². The molecule has 0 radical (unpaired) electrons. The minimum atomic E-state index is -0.407. The van der Waals surface area contributed by atoms with Crippen LogP contribution < -0.4 is 5.32 Å². The second kappa shape index (κ2) is 21.5. The van der Waals surface area contributed by atoms with Crippen LogP contribution in [0.2, 0.25) is 0 Å². The van der Waals surface area contributed by atoms with E-state index in [2.05, 4.69) is 24.4 Å². The van der Waals surface area contributed by atoms with Gasteiger partial charge in [-0.3, -0.25) is 4.79 Å². The number of esters is 1. The van der Waals surface area contributed by atoms with Gasteiger partial charge >= 0.3 is 5.97 Å². The first-order valence-electron chi connectivity index (χ1n) is 13.8. The summed E-state index contributed by atoms with van der Waals surface area (Å²) >= 11 is 0. The third-order valence-corrected chi connectivity index (χ3v) is 6.44. The molecule has 0 bridgehead atoms. The molecular weight excluding hydrogens is 398 g/mol. The summed E-state index contributed by atoms with van der Waals surface area (Å²) < 4.78 is 5.26. The van der Waals surface area contributed by atoms with Crippen LogP contribution in [0.1, 0.15) is 142 Å². The highest BCUT2D eigenvalue weighted by molar-refractivity contribution is 5.87. The Morgan fingerprint density at radius 1 is 0.781 bits per heavy atom. The normalized spacial score (nSPS) is 16.0. The average Bonchev–Trinajstić information content (AvgIpc) is 3.23. The van der Waals surface area contributed by atoms with Crippen LogP contribution in [-0.4, -0.2) is 24.5 Å². The molecule has 0 aromatic rings. The SMILES string of the molecule is CC/C=C/CCCCCCCCCCCCCCCCCCCOC(=O)[C@@H]1CCC(=O)N1. The topological polar surface area (TPSA) is 55.4 Å². The second-order valence-corrected chi connectivity index (χ2v) is 9.51. The fourth-order valence-electron chi connectivity index (χ4n) is 4.36. The molecule has 4 nitrogen and oxygen atoms in total. The third kappa shape index (κ3) is 17.3. The molecule has 1 N–H and O–H groups in total. The maximum absolute atomic E-state index is 11.8. The Morgan fingerprint density at radius 3 is 1.69 bits per heavy atom. The first-order valence-corrected chi connectivity index (χ1v) is 13.8. The Kier molecular flexibility index (Phi) is 19.3. The zero-order chi connectivity index (χ0) is 23.1. The van der Waals surface area contributed by atoms with Crippen molar-refractivity contribution >= 4 is 11.9 Å². The number of unbranched alkanes of at least 4 members (excludes halogenated alkanes) is 17. The highest BCUT2D eigenvalue weighted by Crippen LogP contribution is 2.15. The molecule has 0 saturated carbocycles. The van der Waals surface area contributed by atoms with Gasteiger partial charge in [0.25, 0.3) is 0 Å². The van der Waals surface area contributed by atoms with E-state index in [-0.39, 0.29) is 11.9 Å². The number of carbonyl (C=O) groups is 2. The third-order valence-electron chi connectivity index (χ3n) is 6.44.